The van der Waals surface area contributed by atoms with Crippen LogP contribution in [0.25, 0.3) is 27.9 Å². The predicted molar refractivity (Wildman–Crippen MR) is 115 cm³/mol. The highest BCUT2D eigenvalue weighted by Crippen LogP contribution is 2.40. The third-order valence-corrected chi connectivity index (χ3v) is 6.61. The Morgan fingerprint density at radius 2 is 1.84 bits per heavy atom. The minimum Gasteiger partial charge on any atom is -0.390 e. The number of ether oxygens (including phenoxy) is 1. The van der Waals surface area contributed by atoms with Gasteiger partial charge in [0.05, 0.1) is 36.1 Å². The molecule has 0 atom stereocenters. The molecule has 2 aliphatic heterocycles. The number of hydrogen-bond donors (Lipinski definition) is 1. The molecule has 4 aromatic rings. The van der Waals surface area contributed by atoms with Crippen molar-refractivity contribution >= 4 is 28.0 Å². The lowest BCUT2D eigenvalue weighted by Gasteiger charge is -2.39. The zero-order valence-electron chi connectivity index (χ0n) is 17.1. The molecule has 1 aromatic carbocycles. The van der Waals surface area contributed by atoms with Gasteiger partial charge in [0.25, 0.3) is 0 Å². The minimum absolute atomic E-state index is 0.169. The lowest BCUT2D eigenvalue weighted by atomic mass is 9.78. The van der Waals surface area contributed by atoms with Crippen molar-refractivity contribution in [1.82, 2.24) is 29.7 Å². The average Bonchev–Trinajstić information content (AvgIpc) is 3.45. The molecule has 3 aromatic heterocycles. The molecule has 0 radical (unpaired) electrons. The summed E-state index contributed by atoms with van der Waals surface area (Å²) in [4.78, 5) is 20.5. The normalized spacial score (nSPS) is 18.4. The molecule has 2 aliphatic rings. The van der Waals surface area contributed by atoms with Gasteiger partial charge in [-0.3, -0.25) is 9.97 Å². The highest BCUT2D eigenvalue weighted by Gasteiger charge is 2.38. The van der Waals surface area contributed by atoms with Gasteiger partial charge in [0.15, 0.2) is 11.5 Å². The molecule has 0 aliphatic carbocycles. The average molecular weight is 417 g/mol. The van der Waals surface area contributed by atoms with Crippen molar-refractivity contribution in [3.05, 3.63) is 42.5 Å². The number of hydrogen-bond acceptors (Lipinski definition) is 8. The van der Waals surface area contributed by atoms with Crippen LogP contribution in [0.2, 0.25) is 0 Å². The Hall–Kier alpha value is -3.17. The summed E-state index contributed by atoms with van der Waals surface area (Å²) in [6.07, 6.45) is 8.37. The summed E-state index contributed by atoms with van der Waals surface area (Å²) in [5.74, 6) is 0.757. The van der Waals surface area contributed by atoms with Crippen LogP contribution < -0.4 is 4.90 Å². The summed E-state index contributed by atoms with van der Waals surface area (Å²) in [5, 5.41) is 14.6. The monoisotopic (exact) mass is 417 g/mol. The maximum atomic E-state index is 10.1. The van der Waals surface area contributed by atoms with E-state index < -0.39 is 0 Å². The fourth-order valence-corrected chi connectivity index (χ4v) is 4.74. The molecule has 5 heterocycles. The van der Waals surface area contributed by atoms with Gasteiger partial charge < -0.3 is 14.7 Å². The molecule has 0 amide bonds. The summed E-state index contributed by atoms with van der Waals surface area (Å²) in [5.41, 5.74) is 4.65. The number of fused-ring (bicyclic) bond motifs is 2. The Bertz CT molecular complexity index is 1260. The highest BCUT2D eigenvalue weighted by atomic mass is 16.5. The van der Waals surface area contributed by atoms with Crippen LogP contribution in [-0.2, 0) is 11.3 Å². The van der Waals surface area contributed by atoms with E-state index in [4.69, 9.17) is 14.7 Å². The molecule has 31 heavy (non-hydrogen) atoms. The number of aliphatic hydroxyl groups excluding tert-OH is 1. The van der Waals surface area contributed by atoms with Crippen LogP contribution >= 0.6 is 0 Å². The lowest BCUT2D eigenvalue weighted by Crippen LogP contribution is -2.41. The Kier molecular flexibility index (Phi) is 4.32. The SMILES string of the molecule is OCc1nc2c(cnn2-c2ccc3nccnc3c2)nc1N1CCC2(CCOC2)CC1. The van der Waals surface area contributed by atoms with E-state index >= 15 is 0 Å². The first-order valence-corrected chi connectivity index (χ1v) is 10.6. The summed E-state index contributed by atoms with van der Waals surface area (Å²) in [7, 11) is 0. The summed E-state index contributed by atoms with van der Waals surface area (Å²) in [6, 6.07) is 5.78. The number of aromatic nitrogens is 6. The summed E-state index contributed by atoms with van der Waals surface area (Å²) in [6.45, 7) is 3.36. The maximum absolute atomic E-state index is 10.1. The smallest absolute Gasteiger partial charge is 0.182 e. The Labute approximate surface area is 178 Å². The first kappa shape index (κ1) is 18.6. The van der Waals surface area contributed by atoms with Crippen molar-refractivity contribution in [2.75, 3.05) is 31.2 Å². The van der Waals surface area contributed by atoms with Crippen LogP contribution in [-0.4, -0.2) is 61.1 Å². The van der Waals surface area contributed by atoms with Crippen LogP contribution in [0, 0.1) is 5.41 Å². The molecule has 2 fully saturated rings. The van der Waals surface area contributed by atoms with Crippen LogP contribution in [0.3, 0.4) is 0 Å². The van der Waals surface area contributed by atoms with Crippen molar-refractivity contribution in [2.24, 2.45) is 5.41 Å². The molecular formula is C22H23N7O2. The standard InChI is InChI=1S/C22H23N7O2/c30-13-19-20(28-8-3-22(4-9-28)5-10-31-14-22)26-18-12-25-29(21(18)27-19)15-1-2-16-17(11-15)24-7-6-23-16/h1-2,6-7,11-12,30H,3-5,8-10,13-14H2. The van der Waals surface area contributed by atoms with Gasteiger partial charge >= 0.3 is 0 Å². The molecule has 9 heteroatoms. The number of rotatable bonds is 3. The third-order valence-electron chi connectivity index (χ3n) is 6.61. The predicted octanol–water partition coefficient (Wildman–Crippen LogP) is 2.26. The number of benzene rings is 1. The molecule has 0 bridgehead atoms. The third kappa shape index (κ3) is 3.12. The molecular weight excluding hydrogens is 394 g/mol. The van der Waals surface area contributed by atoms with E-state index in [0.717, 1.165) is 68.1 Å². The van der Waals surface area contributed by atoms with Crippen molar-refractivity contribution < 1.29 is 9.84 Å². The van der Waals surface area contributed by atoms with Gasteiger partial charge in [-0.25, -0.2) is 14.6 Å². The van der Waals surface area contributed by atoms with E-state index in [1.165, 1.54) is 0 Å². The number of piperidine rings is 1. The second kappa shape index (κ2) is 7.21. The second-order valence-corrected chi connectivity index (χ2v) is 8.44. The second-order valence-electron chi connectivity index (χ2n) is 8.44. The van der Waals surface area contributed by atoms with E-state index in [9.17, 15) is 5.11 Å². The number of aliphatic hydroxyl groups is 1. The first-order valence-electron chi connectivity index (χ1n) is 10.6. The van der Waals surface area contributed by atoms with Gasteiger partial charge in [0.2, 0.25) is 0 Å². The van der Waals surface area contributed by atoms with Gasteiger partial charge in [-0.15, -0.1) is 0 Å². The number of nitrogens with zero attached hydrogens (tertiary/aromatic N) is 7. The molecule has 1 N–H and O–H groups in total. The first-order chi connectivity index (χ1) is 15.2. The molecule has 158 valence electrons. The molecule has 0 unspecified atom stereocenters. The quantitative estimate of drug-likeness (QED) is 0.542. The van der Waals surface area contributed by atoms with Gasteiger partial charge in [-0.2, -0.15) is 5.10 Å². The molecule has 2 saturated heterocycles. The van der Waals surface area contributed by atoms with E-state index in [1.807, 2.05) is 18.2 Å². The molecule has 1 spiro atoms. The maximum Gasteiger partial charge on any atom is 0.182 e. The fraction of sp³-hybridized carbons (Fsp3) is 0.409. The zero-order valence-corrected chi connectivity index (χ0v) is 17.1. The lowest BCUT2D eigenvalue weighted by molar-refractivity contribution is 0.133. The summed E-state index contributed by atoms with van der Waals surface area (Å²) < 4.78 is 7.38. The fourth-order valence-electron chi connectivity index (χ4n) is 4.74. The minimum atomic E-state index is -0.169. The van der Waals surface area contributed by atoms with E-state index in [1.54, 1.807) is 23.3 Å². The Morgan fingerprint density at radius 3 is 2.61 bits per heavy atom. The van der Waals surface area contributed by atoms with E-state index in [2.05, 4.69) is 20.0 Å². The number of anilines is 1. The highest BCUT2D eigenvalue weighted by molar-refractivity contribution is 5.79. The molecule has 9 nitrogen and oxygen atoms in total. The topological polar surface area (TPSA) is 102 Å². The van der Waals surface area contributed by atoms with Crippen LogP contribution in [0.1, 0.15) is 25.0 Å². The summed E-state index contributed by atoms with van der Waals surface area (Å²) >= 11 is 0. The van der Waals surface area contributed by atoms with Gasteiger partial charge in [0, 0.05) is 32.1 Å². The Balaban J connectivity index is 1.36. The van der Waals surface area contributed by atoms with E-state index in [0.29, 0.717) is 22.3 Å². The Morgan fingerprint density at radius 1 is 1.00 bits per heavy atom. The van der Waals surface area contributed by atoms with Crippen LogP contribution in [0.4, 0.5) is 5.82 Å². The molecule has 6 rings (SSSR count). The largest absolute Gasteiger partial charge is 0.390 e. The molecule has 0 saturated carbocycles. The van der Waals surface area contributed by atoms with Crippen molar-refractivity contribution in [3.8, 4) is 5.69 Å². The van der Waals surface area contributed by atoms with Crippen molar-refractivity contribution in [2.45, 2.75) is 25.9 Å². The van der Waals surface area contributed by atoms with E-state index in [-0.39, 0.29) is 6.61 Å². The van der Waals surface area contributed by atoms with Crippen LogP contribution in [0.15, 0.2) is 36.8 Å². The van der Waals surface area contributed by atoms with Gasteiger partial charge in [-0.05, 0) is 42.9 Å². The van der Waals surface area contributed by atoms with Gasteiger partial charge in [-0.1, -0.05) is 0 Å². The zero-order chi connectivity index (χ0) is 20.8. The van der Waals surface area contributed by atoms with Crippen LogP contribution in [0.5, 0.6) is 0 Å². The van der Waals surface area contributed by atoms with Gasteiger partial charge in [0.1, 0.15) is 11.2 Å². The van der Waals surface area contributed by atoms with Crippen molar-refractivity contribution in [3.63, 3.8) is 0 Å². The van der Waals surface area contributed by atoms with Crippen molar-refractivity contribution in [1.29, 1.82) is 0 Å².